The van der Waals surface area contributed by atoms with Crippen LogP contribution in [0.3, 0.4) is 0 Å². The number of hydrogen-bond acceptors (Lipinski definition) is 3. The monoisotopic (exact) mass is 526 g/mol. The number of likely N-dealkylation sites (N-methyl/N-ethyl adjacent to an activating group) is 1. The third-order valence-corrected chi connectivity index (χ3v) is 5.08. The van der Waals surface area contributed by atoms with Gasteiger partial charge in [0.25, 0.3) is 0 Å². The van der Waals surface area contributed by atoms with Gasteiger partial charge in [-0.2, -0.15) is 5.10 Å². The second kappa shape index (κ2) is 12.6. The van der Waals surface area contributed by atoms with E-state index in [2.05, 4.69) is 53.6 Å². The molecule has 0 spiro atoms. The number of carbonyl (C=O) groups excluding carboxylic acids is 1. The number of carbonyl (C=O) groups is 1. The Morgan fingerprint density at radius 2 is 1.90 bits per heavy atom. The minimum atomic E-state index is -0.0277. The molecule has 0 aliphatic rings. The van der Waals surface area contributed by atoms with Crippen LogP contribution in [0.1, 0.15) is 41.9 Å². The average Bonchev–Trinajstić information content (AvgIpc) is 2.94. The summed E-state index contributed by atoms with van der Waals surface area (Å²) in [4.78, 5) is 18.0. The van der Waals surface area contributed by atoms with Gasteiger partial charge in [0.1, 0.15) is 6.54 Å². The zero-order valence-electron chi connectivity index (χ0n) is 18.9. The molecule has 1 unspecified atom stereocenters. The number of halogens is 1. The molecular formula is C22H35IN6O. The van der Waals surface area contributed by atoms with Gasteiger partial charge in [-0.1, -0.05) is 30.3 Å². The Bertz CT molecular complexity index is 832. The predicted octanol–water partition coefficient (Wildman–Crippen LogP) is 2.97. The maximum absolute atomic E-state index is 11.9. The van der Waals surface area contributed by atoms with Crippen molar-refractivity contribution in [2.45, 2.75) is 39.7 Å². The van der Waals surface area contributed by atoms with E-state index in [0.717, 1.165) is 25.1 Å². The molecule has 1 atom stereocenters. The fourth-order valence-electron chi connectivity index (χ4n) is 3.12. The molecule has 1 aromatic heterocycles. The number of aromatic nitrogens is 2. The van der Waals surface area contributed by atoms with Crippen LogP contribution in [0.2, 0.25) is 0 Å². The molecule has 0 saturated carbocycles. The smallest absolute Gasteiger partial charge is 0.243 e. The van der Waals surface area contributed by atoms with E-state index in [9.17, 15) is 4.79 Å². The van der Waals surface area contributed by atoms with Crippen molar-refractivity contribution in [3.8, 4) is 0 Å². The van der Waals surface area contributed by atoms with Crippen LogP contribution in [0.5, 0.6) is 0 Å². The first kappa shape index (κ1) is 25.9. The second-order valence-electron chi connectivity index (χ2n) is 7.53. The summed E-state index contributed by atoms with van der Waals surface area (Å²) in [7, 11) is 5.46. The van der Waals surface area contributed by atoms with Crippen molar-refractivity contribution in [3.05, 3.63) is 52.8 Å². The molecule has 30 heavy (non-hydrogen) atoms. The van der Waals surface area contributed by atoms with Crippen LogP contribution < -0.4 is 10.6 Å². The first-order chi connectivity index (χ1) is 13.8. The fraction of sp³-hybridized carbons (Fsp3) is 0.500. The number of aliphatic imine (C=N–C) groups is 1. The van der Waals surface area contributed by atoms with Crippen molar-refractivity contribution in [1.82, 2.24) is 25.3 Å². The van der Waals surface area contributed by atoms with Gasteiger partial charge in [-0.15, -0.1) is 24.0 Å². The van der Waals surface area contributed by atoms with Crippen molar-refractivity contribution < 1.29 is 4.79 Å². The number of nitrogens with zero attached hydrogens (tertiary/aromatic N) is 4. The lowest BCUT2D eigenvalue weighted by Crippen LogP contribution is -2.40. The van der Waals surface area contributed by atoms with Crippen molar-refractivity contribution in [3.63, 3.8) is 0 Å². The highest BCUT2D eigenvalue weighted by atomic mass is 127. The summed E-state index contributed by atoms with van der Waals surface area (Å²) in [5, 5.41) is 11.3. The molecule has 2 N–H and O–H groups in total. The van der Waals surface area contributed by atoms with E-state index in [1.54, 1.807) is 19.0 Å². The molecule has 0 fully saturated rings. The van der Waals surface area contributed by atoms with E-state index >= 15 is 0 Å². The standard InChI is InChI=1S/C22H34N6O.HI/c1-16(19-11-8-7-9-12-19)25-22(24-15-21(29)27(4)5)23-14-10-13-20-17(2)26-28(6)18(20)3;/h7-9,11-12,16H,10,13-15H2,1-6H3,(H2,23,24,25);1H. The van der Waals surface area contributed by atoms with Crippen molar-refractivity contribution >= 4 is 35.8 Å². The van der Waals surface area contributed by atoms with E-state index in [0.29, 0.717) is 5.96 Å². The summed E-state index contributed by atoms with van der Waals surface area (Å²) in [6, 6.07) is 10.3. The Morgan fingerprint density at radius 1 is 1.23 bits per heavy atom. The summed E-state index contributed by atoms with van der Waals surface area (Å²) >= 11 is 0. The van der Waals surface area contributed by atoms with Gasteiger partial charge in [-0.25, -0.2) is 4.99 Å². The first-order valence-corrected chi connectivity index (χ1v) is 10.1. The molecule has 0 aliphatic carbocycles. The number of amides is 1. The second-order valence-corrected chi connectivity index (χ2v) is 7.53. The van der Waals surface area contributed by atoms with Crippen LogP contribution in [0, 0.1) is 13.8 Å². The average molecular weight is 526 g/mol. The third kappa shape index (κ3) is 7.62. The van der Waals surface area contributed by atoms with Gasteiger partial charge in [0.05, 0.1) is 11.7 Å². The summed E-state index contributed by atoms with van der Waals surface area (Å²) in [5.41, 5.74) is 4.78. The van der Waals surface area contributed by atoms with Crippen molar-refractivity contribution in [1.29, 1.82) is 0 Å². The predicted molar refractivity (Wildman–Crippen MR) is 133 cm³/mol. The van der Waals surface area contributed by atoms with Crippen LogP contribution in [0.25, 0.3) is 0 Å². The third-order valence-electron chi connectivity index (χ3n) is 5.08. The minimum Gasteiger partial charge on any atom is -0.356 e. The Balaban J connectivity index is 0.00000450. The van der Waals surface area contributed by atoms with Crippen molar-refractivity contribution in [2.24, 2.45) is 12.0 Å². The van der Waals surface area contributed by atoms with Crippen molar-refractivity contribution in [2.75, 3.05) is 27.2 Å². The normalized spacial score (nSPS) is 12.1. The fourth-order valence-corrected chi connectivity index (χ4v) is 3.12. The highest BCUT2D eigenvalue weighted by molar-refractivity contribution is 14.0. The van der Waals surface area contributed by atoms with Gasteiger partial charge in [0, 0.05) is 33.4 Å². The van der Waals surface area contributed by atoms with Gasteiger partial charge >= 0.3 is 0 Å². The number of guanidine groups is 1. The van der Waals surface area contributed by atoms with Crippen LogP contribution in [-0.4, -0.2) is 53.7 Å². The van der Waals surface area contributed by atoms with Gasteiger partial charge < -0.3 is 15.5 Å². The molecule has 166 valence electrons. The van der Waals surface area contributed by atoms with E-state index in [1.807, 2.05) is 29.9 Å². The van der Waals surface area contributed by atoms with Gasteiger partial charge in [0.2, 0.25) is 5.91 Å². The van der Waals surface area contributed by atoms with Gasteiger partial charge in [-0.05, 0) is 44.7 Å². The number of benzene rings is 1. The van der Waals surface area contributed by atoms with Gasteiger partial charge in [0.15, 0.2) is 5.96 Å². The highest BCUT2D eigenvalue weighted by Crippen LogP contribution is 2.14. The van der Waals surface area contributed by atoms with Crippen LogP contribution in [-0.2, 0) is 18.3 Å². The number of aryl methyl sites for hydroxylation is 2. The first-order valence-electron chi connectivity index (χ1n) is 10.1. The molecule has 1 amide bonds. The molecular weight excluding hydrogens is 491 g/mol. The Morgan fingerprint density at radius 3 is 2.47 bits per heavy atom. The van der Waals surface area contributed by atoms with E-state index in [4.69, 9.17) is 0 Å². The number of hydrogen-bond donors (Lipinski definition) is 2. The Hall–Kier alpha value is -2.10. The number of nitrogens with one attached hydrogen (secondary N) is 2. The van der Waals surface area contributed by atoms with E-state index < -0.39 is 0 Å². The lowest BCUT2D eigenvalue weighted by molar-refractivity contribution is -0.127. The maximum Gasteiger partial charge on any atom is 0.243 e. The molecule has 2 rings (SSSR count). The molecule has 0 bridgehead atoms. The van der Waals surface area contributed by atoms with Crippen LogP contribution in [0.15, 0.2) is 35.3 Å². The molecule has 0 aliphatic heterocycles. The summed E-state index contributed by atoms with van der Waals surface area (Å²) in [6.45, 7) is 7.12. The molecule has 1 aromatic carbocycles. The van der Waals surface area contributed by atoms with Crippen LogP contribution in [0.4, 0.5) is 0 Å². The summed E-state index contributed by atoms with van der Waals surface area (Å²) in [5.74, 6) is 0.622. The molecule has 8 heteroatoms. The summed E-state index contributed by atoms with van der Waals surface area (Å²) < 4.78 is 1.93. The molecule has 0 saturated heterocycles. The molecule has 2 aromatic rings. The highest BCUT2D eigenvalue weighted by Gasteiger charge is 2.11. The molecule has 1 heterocycles. The quantitative estimate of drug-likeness (QED) is 0.240. The lowest BCUT2D eigenvalue weighted by Gasteiger charge is -2.19. The minimum absolute atomic E-state index is 0. The van der Waals surface area contributed by atoms with Crippen LogP contribution >= 0.6 is 24.0 Å². The molecule has 0 radical (unpaired) electrons. The van der Waals surface area contributed by atoms with E-state index in [1.165, 1.54) is 16.8 Å². The maximum atomic E-state index is 11.9. The molecule has 7 nitrogen and oxygen atoms in total. The van der Waals surface area contributed by atoms with E-state index in [-0.39, 0.29) is 42.5 Å². The zero-order chi connectivity index (χ0) is 21.4. The zero-order valence-corrected chi connectivity index (χ0v) is 21.2. The summed E-state index contributed by atoms with van der Waals surface area (Å²) in [6.07, 6.45) is 1.91. The SMILES string of the molecule is Cc1nn(C)c(C)c1CCCNC(=NCC(=O)N(C)C)NC(C)c1ccccc1.I. The number of rotatable bonds is 8. The topological polar surface area (TPSA) is 74.5 Å². The van der Waals surface area contributed by atoms with Gasteiger partial charge in [-0.3, -0.25) is 9.48 Å². The Labute approximate surface area is 197 Å². The lowest BCUT2D eigenvalue weighted by atomic mass is 10.1. The Kier molecular flexibility index (Phi) is 10.9. The largest absolute Gasteiger partial charge is 0.356 e.